The highest BCUT2D eigenvalue weighted by atomic mass is 32.1. The lowest BCUT2D eigenvalue weighted by Gasteiger charge is -2.18. The Bertz CT molecular complexity index is 449. The van der Waals surface area contributed by atoms with Gasteiger partial charge in [0, 0.05) is 30.0 Å². The number of hydrogen-bond acceptors (Lipinski definition) is 4. The predicted molar refractivity (Wildman–Crippen MR) is 83.2 cm³/mol. The highest BCUT2D eigenvalue weighted by Crippen LogP contribution is 2.44. The van der Waals surface area contributed by atoms with Gasteiger partial charge < -0.3 is 10.1 Å². The van der Waals surface area contributed by atoms with Gasteiger partial charge in [-0.3, -0.25) is 0 Å². The molecule has 20 heavy (non-hydrogen) atoms. The Morgan fingerprint density at radius 2 is 2.05 bits per heavy atom. The molecule has 0 bridgehead atoms. The van der Waals surface area contributed by atoms with Crippen LogP contribution in [0.3, 0.4) is 0 Å². The summed E-state index contributed by atoms with van der Waals surface area (Å²) in [6.45, 7) is 8.28. The van der Waals surface area contributed by atoms with E-state index in [0.717, 1.165) is 25.1 Å². The van der Waals surface area contributed by atoms with Gasteiger partial charge in [-0.05, 0) is 38.5 Å². The zero-order valence-electron chi connectivity index (χ0n) is 12.8. The summed E-state index contributed by atoms with van der Waals surface area (Å²) in [6.07, 6.45) is 5.49. The van der Waals surface area contributed by atoms with Gasteiger partial charge in [0.25, 0.3) is 0 Å². The number of hydrogen-bond donors (Lipinski definition) is 1. The van der Waals surface area contributed by atoms with Crippen LogP contribution in [0.15, 0.2) is 0 Å². The number of ether oxygens (including phenoxy) is 1. The molecule has 4 heteroatoms. The molecule has 1 N–H and O–H groups in total. The molecule has 2 aliphatic rings. The number of nitrogens with zero attached hydrogens (tertiary/aromatic N) is 1. The van der Waals surface area contributed by atoms with E-state index in [0.29, 0.717) is 5.92 Å². The lowest BCUT2D eigenvalue weighted by atomic mass is 10.1. The van der Waals surface area contributed by atoms with E-state index in [4.69, 9.17) is 9.72 Å². The smallest absolute Gasteiger partial charge is 0.122 e. The Morgan fingerprint density at radius 1 is 1.30 bits per heavy atom. The molecule has 3 nitrogen and oxygen atoms in total. The van der Waals surface area contributed by atoms with Crippen molar-refractivity contribution >= 4 is 11.3 Å². The van der Waals surface area contributed by atoms with Crippen LogP contribution in [0, 0.1) is 5.92 Å². The summed E-state index contributed by atoms with van der Waals surface area (Å²) in [5.41, 5.74) is 1.36. The second kappa shape index (κ2) is 6.12. The standard InChI is InChI=1S/C16H26N2OS/c1-4-19-15(10(2)3)16-18-14(11-5-6-11)13(20-16)9-17-12-7-8-12/h10-12,15,17H,4-9H2,1-3H3. The van der Waals surface area contributed by atoms with Crippen molar-refractivity contribution < 1.29 is 4.74 Å². The third-order valence-corrected chi connectivity index (χ3v) is 5.16. The maximum atomic E-state index is 5.92. The normalized spacial score (nSPS) is 20.6. The molecule has 0 saturated heterocycles. The molecule has 1 aromatic heterocycles. The van der Waals surface area contributed by atoms with E-state index >= 15 is 0 Å². The van der Waals surface area contributed by atoms with Gasteiger partial charge in [-0.2, -0.15) is 0 Å². The third kappa shape index (κ3) is 3.41. The highest BCUT2D eigenvalue weighted by Gasteiger charge is 2.32. The minimum absolute atomic E-state index is 0.164. The SMILES string of the molecule is CCOC(c1nc(C2CC2)c(CNC2CC2)s1)C(C)C. The second-order valence-corrected chi connectivity index (χ2v) is 7.53. The van der Waals surface area contributed by atoms with Crippen LogP contribution in [0.4, 0.5) is 0 Å². The first kappa shape index (κ1) is 14.5. The number of thiazole rings is 1. The van der Waals surface area contributed by atoms with E-state index in [1.54, 1.807) is 0 Å². The molecule has 112 valence electrons. The molecule has 0 spiro atoms. The molecular formula is C16H26N2OS. The van der Waals surface area contributed by atoms with E-state index < -0.39 is 0 Å². The van der Waals surface area contributed by atoms with Gasteiger partial charge in [0.1, 0.15) is 11.1 Å². The van der Waals surface area contributed by atoms with Gasteiger partial charge in [0.05, 0.1) is 5.69 Å². The van der Waals surface area contributed by atoms with Crippen molar-refractivity contribution in [3.63, 3.8) is 0 Å². The fraction of sp³-hybridized carbons (Fsp3) is 0.812. The van der Waals surface area contributed by atoms with Gasteiger partial charge in [0.2, 0.25) is 0 Å². The molecule has 2 fully saturated rings. The Balaban J connectivity index is 1.77. The zero-order valence-corrected chi connectivity index (χ0v) is 13.6. The predicted octanol–water partition coefficient (Wildman–Crippen LogP) is 4.01. The van der Waals surface area contributed by atoms with Gasteiger partial charge in [-0.25, -0.2) is 4.98 Å². The van der Waals surface area contributed by atoms with Crippen molar-refractivity contribution in [3.8, 4) is 0 Å². The molecule has 2 saturated carbocycles. The summed E-state index contributed by atoms with van der Waals surface area (Å²) >= 11 is 1.88. The van der Waals surface area contributed by atoms with E-state index in [1.165, 1.54) is 41.3 Å². The minimum Gasteiger partial charge on any atom is -0.371 e. The maximum Gasteiger partial charge on any atom is 0.122 e. The molecular weight excluding hydrogens is 268 g/mol. The molecule has 1 unspecified atom stereocenters. The monoisotopic (exact) mass is 294 g/mol. The largest absolute Gasteiger partial charge is 0.371 e. The van der Waals surface area contributed by atoms with Crippen molar-refractivity contribution in [1.82, 2.24) is 10.3 Å². The first-order valence-corrected chi connectivity index (χ1v) is 8.85. The van der Waals surface area contributed by atoms with Crippen molar-refractivity contribution in [2.24, 2.45) is 5.92 Å². The average molecular weight is 294 g/mol. The van der Waals surface area contributed by atoms with Crippen molar-refractivity contribution in [3.05, 3.63) is 15.6 Å². The molecule has 3 rings (SSSR count). The zero-order chi connectivity index (χ0) is 14.1. The van der Waals surface area contributed by atoms with Gasteiger partial charge in [-0.15, -0.1) is 11.3 Å². The Morgan fingerprint density at radius 3 is 2.60 bits per heavy atom. The van der Waals surface area contributed by atoms with E-state index in [2.05, 4.69) is 26.1 Å². The highest BCUT2D eigenvalue weighted by molar-refractivity contribution is 7.11. The van der Waals surface area contributed by atoms with E-state index in [-0.39, 0.29) is 6.10 Å². The minimum atomic E-state index is 0.164. The average Bonchev–Trinajstić information content (AvgIpc) is 3.32. The van der Waals surface area contributed by atoms with Gasteiger partial charge >= 0.3 is 0 Å². The number of aromatic nitrogens is 1. The summed E-state index contributed by atoms with van der Waals surface area (Å²) in [6, 6.07) is 0.764. The Hall–Kier alpha value is -0.450. The van der Waals surface area contributed by atoms with Crippen molar-refractivity contribution in [2.75, 3.05) is 6.61 Å². The fourth-order valence-electron chi connectivity index (χ4n) is 2.56. The second-order valence-electron chi connectivity index (χ2n) is 6.41. The fourth-order valence-corrected chi connectivity index (χ4v) is 3.88. The quantitative estimate of drug-likeness (QED) is 0.786. The summed E-state index contributed by atoms with van der Waals surface area (Å²) in [4.78, 5) is 6.42. The van der Waals surface area contributed by atoms with Gasteiger partial charge in [0.15, 0.2) is 0 Å². The van der Waals surface area contributed by atoms with Gasteiger partial charge in [-0.1, -0.05) is 13.8 Å². The summed E-state index contributed by atoms with van der Waals surface area (Å²) in [5.74, 6) is 1.21. The van der Waals surface area contributed by atoms with Crippen LogP contribution in [-0.2, 0) is 11.3 Å². The lowest BCUT2D eigenvalue weighted by molar-refractivity contribution is 0.0292. The summed E-state index contributed by atoms with van der Waals surface area (Å²) in [5, 5.41) is 4.83. The van der Waals surface area contributed by atoms with Crippen LogP contribution >= 0.6 is 11.3 Å². The van der Waals surface area contributed by atoms with E-state index in [9.17, 15) is 0 Å². The molecule has 2 aliphatic carbocycles. The third-order valence-electron chi connectivity index (χ3n) is 4.03. The molecule has 0 aromatic carbocycles. The topological polar surface area (TPSA) is 34.1 Å². The van der Waals surface area contributed by atoms with Crippen LogP contribution in [-0.4, -0.2) is 17.6 Å². The Labute approximate surface area is 126 Å². The van der Waals surface area contributed by atoms with Crippen molar-refractivity contribution in [2.45, 2.75) is 71.1 Å². The molecule has 0 radical (unpaired) electrons. The molecule has 1 aromatic rings. The van der Waals surface area contributed by atoms with Crippen LogP contribution < -0.4 is 5.32 Å². The summed E-state index contributed by atoms with van der Waals surface area (Å²) in [7, 11) is 0. The first-order chi connectivity index (χ1) is 9.69. The van der Waals surface area contributed by atoms with E-state index in [1.807, 2.05) is 11.3 Å². The van der Waals surface area contributed by atoms with Crippen molar-refractivity contribution in [1.29, 1.82) is 0 Å². The van der Waals surface area contributed by atoms with Crippen LogP contribution in [0.25, 0.3) is 0 Å². The van der Waals surface area contributed by atoms with Crippen LogP contribution in [0.2, 0.25) is 0 Å². The molecule has 1 atom stereocenters. The Kier molecular flexibility index (Phi) is 4.43. The summed E-state index contributed by atoms with van der Waals surface area (Å²) < 4.78 is 5.92. The maximum absolute atomic E-state index is 5.92. The molecule has 1 heterocycles. The van der Waals surface area contributed by atoms with Crippen LogP contribution in [0.5, 0.6) is 0 Å². The first-order valence-electron chi connectivity index (χ1n) is 8.03. The molecule has 0 aliphatic heterocycles. The molecule has 0 amide bonds. The van der Waals surface area contributed by atoms with Crippen LogP contribution in [0.1, 0.15) is 74.1 Å². The number of nitrogens with one attached hydrogen (secondary N) is 1. The number of rotatable bonds is 8. The lowest BCUT2D eigenvalue weighted by Crippen LogP contribution is -2.15.